The van der Waals surface area contributed by atoms with Gasteiger partial charge in [0, 0.05) is 45.8 Å². The Morgan fingerprint density at radius 1 is 1.12 bits per heavy atom. The Morgan fingerprint density at radius 2 is 1.88 bits per heavy atom. The number of ether oxygens (including phenoxy) is 1. The quantitative estimate of drug-likeness (QED) is 0.834. The van der Waals surface area contributed by atoms with Gasteiger partial charge in [-0.2, -0.15) is 0 Å². The first kappa shape index (κ1) is 17.9. The van der Waals surface area contributed by atoms with Crippen molar-refractivity contribution in [2.75, 3.05) is 39.4 Å². The average Bonchev–Trinajstić information content (AvgIpc) is 2.95. The summed E-state index contributed by atoms with van der Waals surface area (Å²) in [6, 6.07) is 6.15. The van der Waals surface area contributed by atoms with Crippen molar-refractivity contribution in [3.63, 3.8) is 0 Å². The number of hydrogen-bond donors (Lipinski definition) is 0. The van der Waals surface area contributed by atoms with Crippen molar-refractivity contribution in [1.29, 1.82) is 0 Å². The van der Waals surface area contributed by atoms with Crippen LogP contribution in [-0.2, 0) is 20.7 Å². The van der Waals surface area contributed by atoms with Crippen molar-refractivity contribution in [1.82, 2.24) is 9.80 Å². The van der Waals surface area contributed by atoms with E-state index in [1.165, 1.54) is 12.1 Å². The minimum atomic E-state index is -0.325. The van der Waals surface area contributed by atoms with Gasteiger partial charge in [0.05, 0.1) is 6.42 Å². The third-order valence-corrected chi connectivity index (χ3v) is 4.93. The molecule has 136 valence electrons. The van der Waals surface area contributed by atoms with Crippen LogP contribution >= 0.6 is 0 Å². The lowest BCUT2D eigenvalue weighted by atomic mass is 10.0. The first-order valence-electron chi connectivity index (χ1n) is 8.99. The first-order valence-corrected chi connectivity index (χ1v) is 8.99. The molecule has 2 amide bonds. The van der Waals surface area contributed by atoms with Crippen LogP contribution in [0.4, 0.5) is 4.39 Å². The molecule has 25 heavy (non-hydrogen) atoms. The standard InChI is InChI=1S/C19H25FN2O3/c20-17-4-1-3-15(11-17)12-18(23)21-6-2-7-22(9-8-21)19(24)13-16-5-10-25-14-16/h1,3-4,11,16H,2,5-10,12-14H2. The molecule has 2 heterocycles. The van der Waals surface area contributed by atoms with E-state index in [-0.39, 0.29) is 24.1 Å². The van der Waals surface area contributed by atoms with Gasteiger partial charge in [-0.1, -0.05) is 12.1 Å². The number of benzene rings is 1. The number of carbonyl (C=O) groups excluding carboxylic acids is 2. The Balaban J connectivity index is 1.50. The number of hydrogen-bond acceptors (Lipinski definition) is 3. The van der Waals surface area contributed by atoms with E-state index in [1.807, 2.05) is 4.90 Å². The minimum absolute atomic E-state index is 0.0101. The smallest absolute Gasteiger partial charge is 0.227 e. The first-order chi connectivity index (χ1) is 12.1. The fourth-order valence-electron chi connectivity index (χ4n) is 3.47. The highest BCUT2D eigenvalue weighted by Crippen LogP contribution is 2.18. The molecule has 1 atom stereocenters. The van der Waals surface area contributed by atoms with Gasteiger partial charge in [0.25, 0.3) is 0 Å². The Bertz CT molecular complexity index is 616. The van der Waals surface area contributed by atoms with Crippen LogP contribution in [0.25, 0.3) is 0 Å². The number of halogens is 1. The Labute approximate surface area is 147 Å². The van der Waals surface area contributed by atoms with Crippen LogP contribution in [0.5, 0.6) is 0 Å². The zero-order valence-corrected chi connectivity index (χ0v) is 14.5. The molecule has 6 heteroatoms. The molecule has 0 saturated carbocycles. The summed E-state index contributed by atoms with van der Waals surface area (Å²) in [6.07, 6.45) is 2.47. The van der Waals surface area contributed by atoms with Gasteiger partial charge < -0.3 is 14.5 Å². The molecule has 0 aliphatic carbocycles. The van der Waals surface area contributed by atoms with Crippen molar-refractivity contribution in [3.8, 4) is 0 Å². The molecule has 1 aromatic carbocycles. The molecule has 0 radical (unpaired) electrons. The van der Waals surface area contributed by atoms with E-state index in [1.54, 1.807) is 17.0 Å². The topological polar surface area (TPSA) is 49.9 Å². The highest BCUT2D eigenvalue weighted by Gasteiger charge is 2.25. The van der Waals surface area contributed by atoms with Crippen molar-refractivity contribution < 1.29 is 18.7 Å². The van der Waals surface area contributed by atoms with Crippen LogP contribution in [-0.4, -0.2) is 61.0 Å². The van der Waals surface area contributed by atoms with E-state index in [4.69, 9.17) is 4.74 Å². The highest BCUT2D eigenvalue weighted by atomic mass is 19.1. The van der Waals surface area contributed by atoms with E-state index in [0.717, 1.165) is 19.4 Å². The summed E-state index contributed by atoms with van der Waals surface area (Å²) in [4.78, 5) is 28.6. The molecule has 0 spiro atoms. The zero-order valence-electron chi connectivity index (χ0n) is 14.5. The average molecular weight is 348 g/mol. The molecule has 0 bridgehead atoms. The Morgan fingerprint density at radius 3 is 2.56 bits per heavy atom. The van der Waals surface area contributed by atoms with Gasteiger partial charge in [-0.05, 0) is 36.5 Å². The normalized spacial score (nSPS) is 21.2. The van der Waals surface area contributed by atoms with Crippen LogP contribution in [0.2, 0.25) is 0 Å². The van der Waals surface area contributed by atoms with Gasteiger partial charge in [0.15, 0.2) is 0 Å². The zero-order chi connectivity index (χ0) is 17.6. The summed E-state index contributed by atoms with van der Waals surface area (Å²) >= 11 is 0. The van der Waals surface area contributed by atoms with Gasteiger partial charge in [-0.3, -0.25) is 9.59 Å². The van der Waals surface area contributed by atoms with Crippen LogP contribution in [0.3, 0.4) is 0 Å². The maximum atomic E-state index is 13.3. The van der Waals surface area contributed by atoms with E-state index >= 15 is 0 Å². The highest BCUT2D eigenvalue weighted by molar-refractivity contribution is 5.79. The van der Waals surface area contributed by atoms with E-state index in [0.29, 0.717) is 50.7 Å². The summed E-state index contributed by atoms with van der Waals surface area (Å²) in [5, 5.41) is 0. The summed E-state index contributed by atoms with van der Waals surface area (Å²) in [6.45, 7) is 3.88. The largest absolute Gasteiger partial charge is 0.381 e. The van der Waals surface area contributed by atoms with Gasteiger partial charge >= 0.3 is 0 Å². The molecule has 5 nitrogen and oxygen atoms in total. The van der Waals surface area contributed by atoms with Crippen molar-refractivity contribution >= 4 is 11.8 Å². The predicted octanol–water partition coefficient (Wildman–Crippen LogP) is 1.86. The summed E-state index contributed by atoms with van der Waals surface area (Å²) in [5.74, 6) is 0.161. The van der Waals surface area contributed by atoms with Crippen LogP contribution in [0, 0.1) is 11.7 Å². The van der Waals surface area contributed by atoms with Crippen molar-refractivity contribution in [3.05, 3.63) is 35.6 Å². The van der Waals surface area contributed by atoms with Crippen LogP contribution in [0.1, 0.15) is 24.8 Å². The second-order valence-corrected chi connectivity index (χ2v) is 6.86. The van der Waals surface area contributed by atoms with Gasteiger partial charge in [-0.25, -0.2) is 4.39 Å². The SMILES string of the molecule is O=C(Cc1cccc(F)c1)N1CCCN(C(=O)CC2CCOC2)CC1. The molecule has 0 aromatic heterocycles. The predicted molar refractivity (Wildman–Crippen MR) is 91.4 cm³/mol. The summed E-state index contributed by atoms with van der Waals surface area (Å²) < 4.78 is 18.6. The fraction of sp³-hybridized carbons (Fsp3) is 0.579. The maximum Gasteiger partial charge on any atom is 0.227 e. The molecule has 1 unspecified atom stereocenters. The molecular weight excluding hydrogens is 323 g/mol. The second-order valence-electron chi connectivity index (χ2n) is 6.86. The molecule has 2 aliphatic heterocycles. The molecule has 2 fully saturated rings. The van der Waals surface area contributed by atoms with E-state index < -0.39 is 0 Å². The Kier molecular flexibility index (Phi) is 6.02. The van der Waals surface area contributed by atoms with E-state index in [9.17, 15) is 14.0 Å². The molecular formula is C19H25FN2O3. The van der Waals surface area contributed by atoms with E-state index in [2.05, 4.69) is 0 Å². The monoisotopic (exact) mass is 348 g/mol. The van der Waals surface area contributed by atoms with Crippen molar-refractivity contribution in [2.45, 2.75) is 25.7 Å². The lowest BCUT2D eigenvalue weighted by Crippen LogP contribution is -2.38. The molecule has 0 N–H and O–H groups in total. The summed E-state index contributed by atoms with van der Waals surface area (Å²) in [5.41, 5.74) is 0.684. The van der Waals surface area contributed by atoms with Gasteiger partial charge in [-0.15, -0.1) is 0 Å². The van der Waals surface area contributed by atoms with Gasteiger partial charge in [0.1, 0.15) is 5.82 Å². The Hall–Kier alpha value is -1.95. The molecule has 1 aromatic rings. The lowest BCUT2D eigenvalue weighted by Gasteiger charge is -2.23. The van der Waals surface area contributed by atoms with Crippen LogP contribution in [0.15, 0.2) is 24.3 Å². The lowest BCUT2D eigenvalue weighted by molar-refractivity contribution is -0.133. The number of rotatable bonds is 4. The third kappa shape index (κ3) is 5.01. The maximum absolute atomic E-state index is 13.3. The molecule has 2 saturated heterocycles. The third-order valence-electron chi connectivity index (χ3n) is 4.93. The van der Waals surface area contributed by atoms with Crippen molar-refractivity contribution in [2.24, 2.45) is 5.92 Å². The minimum Gasteiger partial charge on any atom is -0.381 e. The number of carbonyl (C=O) groups is 2. The number of amides is 2. The second kappa shape index (κ2) is 8.43. The number of nitrogens with zero attached hydrogens (tertiary/aromatic N) is 2. The van der Waals surface area contributed by atoms with Gasteiger partial charge in [0.2, 0.25) is 11.8 Å². The molecule has 3 rings (SSSR count). The fourth-order valence-corrected chi connectivity index (χ4v) is 3.47. The van der Waals surface area contributed by atoms with Crippen LogP contribution < -0.4 is 0 Å². The summed E-state index contributed by atoms with van der Waals surface area (Å²) in [7, 11) is 0. The molecule has 2 aliphatic rings.